The van der Waals surface area contributed by atoms with Crippen molar-refractivity contribution in [3.63, 3.8) is 0 Å². The van der Waals surface area contributed by atoms with Gasteiger partial charge in [0.05, 0.1) is 25.1 Å². The van der Waals surface area contributed by atoms with Crippen molar-refractivity contribution in [2.45, 2.75) is 26.3 Å². The molecule has 1 aromatic heterocycles. The summed E-state index contributed by atoms with van der Waals surface area (Å²) >= 11 is 0. The van der Waals surface area contributed by atoms with E-state index in [9.17, 15) is 4.79 Å². The number of para-hydroxylation sites is 1. The van der Waals surface area contributed by atoms with Crippen molar-refractivity contribution in [1.82, 2.24) is 20.2 Å². The van der Waals surface area contributed by atoms with Crippen molar-refractivity contribution < 1.29 is 14.6 Å². The van der Waals surface area contributed by atoms with Crippen LogP contribution in [-0.2, 0) is 4.79 Å². The zero-order valence-corrected chi connectivity index (χ0v) is 12.2. The summed E-state index contributed by atoms with van der Waals surface area (Å²) in [6.07, 6.45) is -0.0368. The van der Waals surface area contributed by atoms with Gasteiger partial charge >= 0.3 is 5.97 Å². The van der Waals surface area contributed by atoms with Crippen molar-refractivity contribution in [1.29, 1.82) is 0 Å². The minimum Gasteiger partial charge on any atom is -0.496 e. The molecule has 0 aliphatic carbocycles. The number of rotatable bonds is 6. The summed E-state index contributed by atoms with van der Waals surface area (Å²) in [5, 5.41) is 20.8. The summed E-state index contributed by atoms with van der Waals surface area (Å²) in [5.41, 5.74) is 0.737. The molecule has 2 rings (SSSR count). The first-order chi connectivity index (χ1) is 10.0. The molecule has 0 bridgehead atoms. The Morgan fingerprint density at radius 1 is 1.38 bits per heavy atom. The van der Waals surface area contributed by atoms with Crippen LogP contribution in [0.2, 0.25) is 0 Å². The fourth-order valence-electron chi connectivity index (χ4n) is 2.21. The van der Waals surface area contributed by atoms with E-state index in [1.54, 1.807) is 11.8 Å². The summed E-state index contributed by atoms with van der Waals surface area (Å²) in [5.74, 6) is 0.354. The van der Waals surface area contributed by atoms with Gasteiger partial charge in [-0.15, -0.1) is 5.10 Å². The van der Waals surface area contributed by atoms with Crippen LogP contribution in [0, 0.1) is 5.92 Å². The van der Waals surface area contributed by atoms with Crippen LogP contribution >= 0.6 is 0 Å². The van der Waals surface area contributed by atoms with Gasteiger partial charge < -0.3 is 9.84 Å². The Balaban J connectivity index is 2.48. The third-order valence-corrected chi connectivity index (χ3v) is 3.31. The van der Waals surface area contributed by atoms with Gasteiger partial charge in [-0.2, -0.15) is 0 Å². The normalized spacial score (nSPS) is 12.4. The second-order valence-electron chi connectivity index (χ2n) is 5.06. The van der Waals surface area contributed by atoms with E-state index in [1.807, 2.05) is 38.1 Å². The largest absolute Gasteiger partial charge is 0.496 e. The Bertz CT molecular complexity index is 624. The van der Waals surface area contributed by atoms with Crippen LogP contribution in [0.15, 0.2) is 24.3 Å². The average molecular weight is 290 g/mol. The second-order valence-corrected chi connectivity index (χ2v) is 5.06. The Hall–Kier alpha value is -2.44. The van der Waals surface area contributed by atoms with E-state index in [4.69, 9.17) is 9.84 Å². The molecule has 0 aliphatic heterocycles. The third kappa shape index (κ3) is 3.18. The number of benzene rings is 1. The Morgan fingerprint density at radius 2 is 2.10 bits per heavy atom. The first-order valence-corrected chi connectivity index (χ1v) is 6.67. The predicted octanol–water partition coefficient (Wildman–Crippen LogP) is 2.02. The van der Waals surface area contributed by atoms with E-state index in [-0.39, 0.29) is 18.4 Å². The van der Waals surface area contributed by atoms with Gasteiger partial charge in [-0.1, -0.05) is 26.0 Å². The molecule has 0 saturated carbocycles. The maximum atomic E-state index is 11.1. The minimum atomic E-state index is -0.879. The van der Waals surface area contributed by atoms with Gasteiger partial charge in [0.2, 0.25) is 0 Å². The molecule has 1 N–H and O–H groups in total. The number of aliphatic carboxylic acids is 1. The lowest BCUT2D eigenvalue weighted by atomic mass is 10.0. The Morgan fingerprint density at radius 3 is 2.71 bits per heavy atom. The highest BCUT2D eigenvalue weighted by atomic mass is 16.5. The Kier molecular flexibility index (Phi) is 4.52. The molecule has 21 heavy (non-hydrogen) atoms. The first kappa shape index (κ1) is 15.0. The number of ether oxygens (including phenoxy) is 1. The minimum absolute atomic E-state index is 0.0368. The van der Waals surface area contributed by atoms with Crippen LogP contribution in [0.4, 0.5) is 0 Å². The van der Waals surface area contributed by atoms with Gasteiger partial charge in [-0.3, -0.25) is 4.79 Å². The quantitative estimate of drug-likeness (QED) is 0.875. The van der Waals surface area contributed by atoms with Gasteiger partial charge in [-0.25, -0.2) is 4.68 Å². The molecule has 0 amide bonds. The molecule has 2 aromatic rings. The lowest BCUT2D eigenvalue weighted by Crippen LogP contribution is -2.21. The zero-order chi connectivity index (χ0) is 15.4. The molecule has 0 radical (unpaired) electrons. The van der Waals surface area contributed by atoms with Crippen LogP contribution < -0.4 is 4.74 Å². The number of hydrogen-bond acceptors (Lipinski definition) is 5. The van der Waals surface area contributed by atoms with Gasteiger partial charge in [0, 0.05) is 0 Å². The highest BCUT2D eigenvalue weighted by Crippen LogP contribution is 2.31. The molecule has 7 heteroatoms. The lowest BCUT2D eigenvalue weighted by molar-refractivity contribution is -0.138. The first-order valence-electron chi connectivity index (χ1n) is 6.67. The molecular formula is C14H18N4O3. The topological polar surface area (TPSA) is 90.1 Å². The van der Waals surface area contributed by atoms with Crippen molar-refractivity contribution in [3.8, 4) is 17.1 Å². The van der Waals surface area contributed by atoms with Crippen LogP contribution in [0.25, 0.3) is 11.4 Å². The highest BCUT2D eigenvalue weighted by Gasteiger charge is 2.25. The SMILES string of the molecule is COc1ccccc1-c1nnnn1C(CC(=O)O)C(C)C. The molecule has 0 saturated heterocycles. The number of carboxylic acid groups (broad SMARTS) is 1. The van der Waals surface area contributed by atoms with Crippen LogP contribution in [0.3, 0.4) is 0 Å². The van der Waals surface area contributed by atoms with E-state index in [0.29, 0.717) is 11.6 Å². The third-order valence-electron chi connectivity index (χ3n) is 3.31. The van der Waals surface area contributed by atoms with Crippen molar-refractivity contribution >= 4 is 5.97 Å². The van der Waals surface area contributed by atoms with Crippen molar-refractivity contribution in [2.24, 2.45) is 5.92 Å². The molecule has 0 fully saturated rings. The summed E-state index contributed by atoms with van der Waals surface area (Å²) in [7, 11) is 1.57. The number of methoxy groups -OCH3 is 1. The van der Waals surface area contributed by atoms with E-state index in [1.165, 1.54) is 0 Å². The predicted molar refractivity (Wildman–Crippen MR) is 75.9 cm³/mol. The molecule has 7 nitrogen and oxygen atoms in total. The molecule has 1 atom stereocenters. The smallest absolute Gasteiger partial charge is 0.305 e. The number of carbonyl (C=O) groups is 1. The second kappa shape index (κ2) is 6.34. The molecule has 1 heterocycles. The fraction of sp³-hybridized carbons (Fsp3) is 0.429. The number of hydrogen-bond donors (Lipinski definition) is 1. The van der Waals surface area contributed by atoms with E-state index < -0.39 is 5.97 Å². The number of aromatic nitrogens is 4. The molecule has 112 valence electrons. The summed E-state index contributed by atoms with van der Waals surface area (Å²) < 4.78 is 6.89. The van der Waals surface area contributed by atoms with Gasteiger partial charge in [-0.05, 0) is 28.5 Å². The van der Waals surface area contributed by atoms with Crippen molar-refractivity contribution in [3.05, 3.63) is 24.3 Å². The standard InChI is InChI=1S/C14H18N4O3/c1-9(2)11(8-13(19)20)18-14(15-16-17-18)10-6-4-5-7-12(10)21-3/h4-7,9,11H,8H2,1-3H3,(H,19,20). The maximum absolute atomic E-state index is 11.1. The number of tetrazole rings is 1. The fourth-order valence-corrected chi connectivity index (χ4v) is 2.21. The summed E-state index contributed by atoms with van der Waals surface area (Å²) in [6, 6.07) is 7.05. The monoisotopic (exact) mass is 290 g/mol. The number of nitrogens with zero attached hydrogens (tertiary/aromatic N) is 4. The molecule has 0 spiro atoms. The van der Waals surface area contributed by atoms with Crippen LogP contribution in [-0.4, -0.2) is 38.4 Å². The maximum Gasteiger partial charge on any atom is 0.305 e. The summed E-state index contributed by atoms with van der Waals surface area (Å²) in [6.45, 7) is 3.89. The highest BCUT2D eigenvalue weighted by molar-refractivity contribution is 5.68. The van der Waals surface area contributed by atoms with Crippen LogP contribution in [0.1, 0.15) is 26.3 Å². The molecule has 1 unspecified atom stereocenters. The number of carboxylic acids is 1. The average Bonchev–Trinajstić information content (AvgIpc) is 2.93. The molecular weight excluding hydrogens is 272 g/mol. The molecule has 0 aliphatic rings. The summed E-state index contributed by atoms with van der Waals surface area (Å²) in [4.78, 5) is 11.1. The van der Waals surface area contributed by atoms with Gasteiger partial charge in [0.1, 0.15) is 5.75 Å². The van der Waals surface area contributed by atoms with Crippen molar-refractivity contribution in [2.75, 3.05) is 7.11 Å². The van der Waals surface area contributed by atoms with E-state index in [0.717, 1.165) is 5.56 Å². The molecule has 1 aromatic carbocycles. The Labute approximate surface area is 122 Å². The van der Waals surface area contributed by atoms with Crippen LogP contribution in [0.5, 0.6) is 5.75 Å². The van der Waals surface area contributed by atoms with Gasteiger partial charge in [0.25, 0.3) is 0 Å². The van der Waals surface area contributed by atoms with Gasteiger partial charge in [0.15, 0.2) is 5.82 Å². The zero-order valence-electron chi connectivity index (χ0n) is 12.2. The van der Waals surface area contributed by atoms with E-state index in [2.05, 4.69) is 15.5 Å². The lowest BCUT2D eigenvalue weighted by Gasteiger charge is -2.20. The van der Waals surface area contributed by atoms with E-state index >= 15 is 0 Å².